The number of esters is 1. The Hall–Kier alpha value is -0.900. The van der Waals surface area contributed by atoms with E-state index in [-0.39, 0.29) is 17.7 Å². The van der Waals surface area contributed by atoms with Crippen molar-refractivity contribution in [3.63, 3.8) is 0 Å². The Morgan fingerprint density at radius 1 is 1.22 bits per heavy atom. The Bertz CT molecular complexity index is 352. The molecule has 3 rings (SSSR count). The van der Waals surface area contributed by atoms with Crippen LogP contribution in [0, 0.1) is 0 Å². The molecule has 4 heteroatoms. The van der Waals surface area contributed by atoms with Gasteiger partial charge in [0.15, 0.2) is 5.60 Å². The van der Waals surface area contributed by atoms with Gasteiger partial charge in [-0.3, -0.25) is 9.79 Å². The molecule has 1 saturated carbocycles. The highest BCUT2D eigenvalue weighted by Gasteiger charge is 2.46. The summed E-state index contributed by atoms with van der Waals surface area (Å²) in [5, 5.41) is 0. The van der Waals surface area contributed by atoms with E-state index in [0.717, 1.165) is 50.8 Å². The van der Waals surface area contributed by atoms with Crippen molar-refractivity contribution >= 4 is 11.7 Å². The molecular formula is C14H21NO3. The van der Waals surface area contributed by atoms with Crippen molar-refractivity contribution < 1.29 is 14.3 Å². The lowest BCUT2D eigenvalue weighted by atomic mass is 9.81. The minimum absolute atomic E-state index is 0.0945. The smallest absolute Gasteiger partial charge is 0.312 e. The maximum atomic E-state index is 11.6. The molecule has 1 atom stereocenters. The summed E-state index contributed by atoms with van der Waals surface area (Å²) >= 11 is 0. The monoisotopic (exact) mass is 251 g/mol. The normalized spacial score (nSPS) is 33.2. The number of ether oxygens (including phenoxy) is 2. The van der Waals surface area contributed by atoms with Gasteiger partial charge in [-0.1, -0.05) is 6.42 Å². The second-order valence-electron chi connectivity index (χ2n) is 5.63. The molecule has 0 aromatic carbocycles. The molecule has 0 aromatic rings. The predicted octanol–water partition coefficient (Wildman–Crippen LogP) is 2.26. The maximum absolute atomic E-state index is 11.6. The number of hydrogen-bond donors (Lipinski definition) is 0. The summed E-state index contributed by atoms with van der Waals surface area (Å²) in [6.45, 7) is 1.56. The van der Waals surface area contributed by atoms with Crippen molar-refractivity contribution in [2.75, 3.05) is 13.2 Å². The fraction of sp³-hybridized carbons (Fsp3) is 0.857. The van der Waals surface area contributed by atoms with E-state index in [9.17, 15) is 4.79 Å². The molecule has 0 radical (unpaired) electrons. The lowest BCUT2D eigenvalue weighted by Gasteiger charge is -2.32. The van der Waals surface area contributed by atoms with Crippen molar-refractivity contribution in [1.82, 2.24) is 0 Å². The molecular weight excluding hydrogens is 230 g/mol. The van der Waals surface area contributed by atoms with Crippen LogP contribution in [-0.4, -0.2) is 36.5 Å². The molecule has 2 heterocycles. The molecule has 4 nitrogen and oxygen atoms in total. The zero-order valence-electron chi connectivity index (χ0n) is 10.8. The lowest BCUT2D eigenvalue weighted by Crippen LogP contribution is -2.38. The molecule has 0 unspecified atom stereocenters. The van der Waals surface area contributed by atoms with Crippen molar-refractivity contribution in [2.45, 2.75) is 63.1 Å². The topological polar surface area (TPSA) is 47.9 Å². The molecule has 0 N–H and O–H groups in total. The van der Waals surface area contributed by atoms with Gasteiger partial charge in [-0.2, -0.15) is 0 Å². The molecule has 18 heavy (non-hydrogen) atoms. The third-order valence-corrected chi connectivity index (χ3v) is 4.32. The average Bonchev–Trinajstić information content (AvgIpc) is 2.97. The van der Waals surface area contributed by atoms with E-state index in [1.54, 1.807) is 0 Å². The number of carbonyl (C=O) groups is 1. The van der Waals surface area contributed by atoms with Gasteiger partial charge in [-0.05, 0) is 38.5 Å². The Morgan fingerprint density at radius 2 is 2.06 bits per heavy atom. The summed E-state index contributed by atoms with van der Waals surface area (Å²) in [5.41, 5.74) is 0.649. The molecule has 2 aliphatic heterocycles. The van der Waals surface area contributed by atoms with Crippen LogP contribution in [0.15, 0.2) is 4.99 Å². The highest BCUT2D eigenvalue weighted by Crippen LogP contribution is 2.38. The Labute approximate surface area is 108 Å². The second kappa shape index (κ2) is 5.00. The zero-order valence-corrected chi connectivity index (χ0v) is 10.8. The molecule has 1 aliphatic carbocycles. The highest BCUT2D eigenvalue weighted by atomic mass is 16.6. The van der Waals surface area contributed by atoms with Gasteiger partial charge in [0.25, 0.3) is 0 Å². The number of carbonyl (C=O) groups excluding carboxylic acids is 1. The molecule has 0 aromatic heterocycles. The summed E-state index contributed by atoms with van der Waals surface area (Å²) < 4.78 is 11.2. The summed E-state index contributed by atoms with van der Waals surface area (Å²) in [5.74, 6) is -0.0945. The zero-order chi connectivity index (χ0) is 12.4. The number of aliphatic imine (C=N–C) groups is 1. The van der Waals surface area contributed by atoms with Crippen LogP contribution >= 0.6 is 0 Å². The standard InChI is InChI=1S/C14H21NO3/c16-13-9-12(15-10-11-5-4-8-17-11)14(18-13)6-2-1-3-7-14/h11H,1-10H2/t11-/m1/s1. The van der Waals surface area contributed by atoms with Crippen LogP contribution in [0.5, 0.6) is 0 Å². The second-order valence-corrected chi connectivity index (χ2v) is 5.63. The minimum Gasteiger partial charge on any atom is -0.453 e. The van der Waals surface area contributed by atoms with E-state index in [4.69, 9.17) is 9.47 Å². The van der Waals surface area contributed by atoms with Crippen LogP contribution in [0.3, 0.4) is 0 Å². The number of rotatable bonds is 2. The summed E-state index contributed by atoms with van der Waals surface area (Å²) in [6.07, 6.45) is 8.35. The quantitative estimate of drug-likeness (QED) is 0.707. The van der Waals surface area contributed by atoms with E-state index < -0.39 is 0 Å². The van der Waals surface area contributed by atoms with Crippen LogP contribution in [0.1, 0.15) is 51.4 Å². The number of hydrogen-bond acceptors (Lipinski definition) is 4. The van der Waals surface area contributed by atoms with Crippen LogP contribution in [0.2, 0.25) is 0 Å². The molecule has 0 bridgehead atoms. The number of nitrogens with zero attached hydrogens (tertiary/aromatic N) is 1. The largest absolute Gasteiger partial charge is 0.453 e. The minimum atomic E-state index is -0.339. The summed E-state index contributed by atoms with van der Waals surface area (Å²) in [4.78, 5) is 16.3. The SMILES string of the molecule is O=C1CC(=NC[C@H]2CCCO2)C2(CCCCC2)O1. The predicted molar refractivity (Wildman–Crippen MR) is 67.8 cm³/mol. The lowest BCUT2D eigenvalue weighted by molar-refractivity contribution is -0.148. The molecule has 3 aliphatic rings. The van der Waals surface area contributed by atoms with E-state index in [1.165, 1.54) is 6.42 Å². The molecule has 1 spiro atoms. The maximum Gasteiger partial charge on any atom is 0.312 e. The summed E-state index contributed by atoms with van der Waals surface area (Å²) in [6, 6.07) is 0. The van der Waals surface area contributed by atoms with Crippen molar-refractivity contribution in [3.8, 4) is 0 Å². The van der Waals surface area contributed by atoms with Crippen molar-refractivity contribution in [1.29, 1.82) is 0 Å². The van der Waals surface area contributed by atoms with Crippen LogP contribution in [-0.2, 0) is 14.3 Å². The highest BCUT2D eigenvalue weighted by molar-refractivity contribution is 6.09. The average molecular weight is 251 g/mol. The molecule has 100 valence electrons. The summed E-state index contributed by atoms with van der Waals surface area (Å²) in [7, 11) is 0. The third kappa shape index (κ3) is 2.30. The van der Waals surface area contributed by atoms with E-state index in [2.05, 4.69) is 4.99 Å². The van der Waals surface area contributed by atoms with E-state index in [1.807, 2.05) is 0 Å². The van der Waals surface area contributed by atoms with Gasteiger partial charge < -0.3 is 9.47 Å². The van der Waals surface area contributed by atoms with Gasteiger partial charge in [0, 0.05) is 6.61 Å². The Morgan fingerprint density at radius 3 is 2.78 bits per heavy atom. The first-order chi connectivity index (χ1) is 8.78. The van der Waals surface area contributed by atoms with Gasteiger partial charge in [-0.15, -0.1) is 0 Å². The van der Waals surface area contributed by atoms with Gasteiger partial charge in [0.05, 0.1) is 24.8 Å². The first-order valence-corrected chi connectivity index (χ1v) is 7.16. The Balaban J connectivity index is 1.71. The van der Waals surface area contributed by atoms with Crippen LogP contribution in [0.25, 0.3) is 0 Å². The van der Waals surface area contributed by atoms with Gasteiger partial charge in [0.1, 0.15) is 0 Å². The third-order valence-electron chi connectivity index (χ3n) is 4.32. The molecule has 0 amide bonds. The van der Waals surface area contributed by atoms with Gasteiger partial charge in [0.2, 0.25) is 0 Å². The van der Waals surface area contributed by atoms with E-state index in [0.29, 0.717) is 13.0 Å². The van der Waals surface area contributed by atoms with Crippen LogP contribution in [0.4, 0.5) is 0 Å². The fourth-order valence-corrected chi connectivity index (χ4v) is 3.32. The van der Waals surface area contributed by atoms with Crippen LogP contribution < -0.4 is 0 Å². The molecule has 3 fully saturated rings. The first-order valence-electron chi connectivity index (χ1n) is 7.16. The Kier molecular flexibility index (Phi) is 3.37. The van der Waals surface area contributed by atoms with E-state index >= 15 is 0 Å². The van der Waals surface area contributed by atoms with Crippen molar-refractivity contribution in [3.05, 3.63) is 0 Å². The van der Waals surface area contributed by atoms with Crippen molar-refractivity contribution in [2.24, 2.45) is 4.99 Å². The van der Waals surface area contributed by atoms with Gasteiger partial charge in [-0.25, -0.2) is 0 Å². The van der Waals surface area contributed by atoms with Gasteiger partial charge >= 0.3 is 5.97 Å². The first kappa shape index (κ1) is 12.2. The fourth-order valence-electron chi connectivity index (χ4n) is 3.32. The molecule has 2 saturated heterocycles.